The minimum Gasteiger partial charge on any atom is -0.459 e. The molecule has 1 aromatic rings. The number of unbranched alkanes of at least 4 members (excludes halogenated alkanes) is 1. The molecule has 0 saturated carbocycles. The van der Waals surface area contributed by atoms with Crippen molar-refractivity contribution in [1.29, 1.82) is 0 Å². The second kappa shape index (κ2) is 8.42. The van der Waals surface area contributed by atoms with Crippen LogP contribution < -0.4 is 11.5 Å². The van der Waals surface area contributed by atoms with E-state index in [0.717, 1.165) is 18.4 Å². The standard InChI is InChI=1S/C16H25N3O2/c1-13(17)19-11-7-6-10-16(2,18)15(20)21-12-14-8-4-3-5-9-14/h3-5,8-9H,6-7,10-12,18H2,1-2H3,(H2,17,19). The van der Waals surface area contributed by atoms with E-state index in [0.29, 0.717) is 18.8 Å². The number of nitrogens with two attached hydrogens (primary N) is 2. The number of aliphatic imine (C=N–C) groups is 1. The maximum Gasteiger partial charge on any atom is 0.326 e. The quantitative estimate of drug-likeness (QED) is 0.332. The highest BCUT2D eigenvalue weighted by molar-refractivity contribution is 5.80. The molecule has 0 saturated heterocycles. The molecule has 1 unspecified atom stereocenters. The number of hydrogen-bond donors (Lipinski definition) is 2. The summed E-state index contributed by atoms with van der Waals surface area (Å²) in [5.41, 5.74) is 11.5. The molecule has 1 atom stereocenters. The Morgan fingerprint density at radius 1 is 1.29 bits per heavy atom. The molecule has 5 nitrogen and oxygen atoms in total. The molecule has 116 valence electrons. The van der Waals surface area contributed by atoms with Gasteiger partial charge in [0.05, 0.1) is 5.84 Å². The first-order valence-corrected chi connectivity index (χ1v) is 7.18. The van der Waals surface area contributed by atoms with Crippen molar-refractivity contribution in [1.82, 2.24) is 0 Å². The van der Waals surface area contributed by atoms with E-state index in [-0.39, 0.29) is 12.6 Å². The summed E-state index contributed by atoms with van der Waals surface area (Å²) in [6.07, 6.45) is 2.23. The molecule has 0 spiro atoms. The molecule has 5 heteroatoms. The predicted octanol–water partition coefficient (Wildman–Crippen LogP) is 1.99. The Morgan fingerprint density at radius 3 is 2.57 bits per heavy atom. The molecule has 21 heavy (non-hydrogen) atoms. The maximum absolute atomic E-state index is 12.0. The van der Waals surface area contributed by atoms with Crippen LogP contribution in [0.2, 0.25) is 0 Å². The molecule has 0 amide bonds. The molecule has 1 rings (SSSR count). The van der Waals surface area contributed by atoms with Crippen LogP contribution in [0, 0.1) is 0 Å². The van der Waals surface area contributed by atoms with Crippen molar-refractivity contribution in [3.05, 3.63) is 35.9 Å². The Kier molecular flexibility index (Phi) is 6.88. The highest BCUT2D eigenvalue weighted by Crippen LogP contribution is 2.14. The van der Waals surface area contributed by atoms with E-state index in [1.54, 1.807) is 13.8 Å². The van der Waals surface area contributed by atoms with Crippen molar-refractivity contribution >= 4 is 11.8 Å². The Hall–Kier alpha value is -1.88. The third kappa shape index (κ3) is 6.90. The minimum atomic E-state index is -0.962. The normalized spacial score (nSPS) is 14.5. The second-order valence-corrected chi connectivity index (χ2v) is 5.46. The van der Waals surface area contributed by atoms with Gasteiger partial charge >= 0.3 is 5.97 Å². The van der Waals surface area contributed by atoms with Crippen LogP contribution in [0.1, 0.15) is 38.7 Å². The third-order valence-corrected chi connectivity index (χ3v) is 3.14. The zero-order valence-corrected chi connectivity index (χ0v) is 12.8. The SMILES string of the molecule is CC(N)=NCCCCC(C)(N)C(=O)OCc1ccccc1. The maximum atomic E-state index is 12.0. The number of ether oxygens (including phenoxy) is 1. The molecule has 4 N–H and O–H groups in total. The fraction of sp³-hybridized carbons (Fsp3) is 0.500. The number of carbonyl (C=O) groups is 1. The van der Waals surface area contributed by atoms with Crippen molar-refractivity contribution in [3.8, 4) is 0 Å². The fourth-order valence-corrected chi connectivity index (χ4v) is 1.85. The summed E-state index contributed by atoms with van der Waals surface area (Å²) in [5, 5.41) is 0. The van der Waals surface area contributed by atoms with Gasteiger partial charge in [-0.3, -0.25) is 9.79 Å². The average Bonchev–Trinajstić information content (AvgIpc) is 2.45. The molecule has 0 aliphatic rings. The molecule has 0 radical (unpaired) electrons. The first-order valence-electron chi connectivity index (χ1n) is 7.18. The van der Waals surface area contributed by atoms with Gasteiger partial charge in [0.1, 0.15) is 12.1 Å². The Labute approximate surface area is 126 Å². The number of carbonyl (C=O) groups excluding carboxylic acids is 1. The summed E-state index contributed by atoms with van der Waals surface area (Å²) >= 11 is 0. The Morgan fingerprint density at radius 2 is 1.95 bits per heavy atom. The molecule has 0 aliphatic carbocycles. The topological polar surface area (TPSA) is 90.7 Å². The first kappa shape index (κ1) is 17.2. The number of nitrogens with zero attached hydrogens (tertiary/aromatic N) is 1. The van der Waals surface area contributed by atoms with Crippen LogP contribution in [-0.4, -0.2) is 23.9 Å². The lowest BCUT2D eigenvalue weighted by molar-refractivity contribution is -0.151. The molecule has 0 fully saturated rings. The van der Waals surface area contributed by atoms with Gasteiger partial charge in [0.15, 0.2) is 0 Å². The van der Waals surface area contributed by atoms with E-state index < -0.39 is 5.54 Å². The zero-order valence-electron chi connectivity index (χ0n) is 12.8. The second-order valence-electron chi connectivity index (χ2n) is 5.46. The lowest BCUT2D eigenvalue weighted by atomic mass is 9.96. The summed E-state index contributed by atoms with van der Waals surface area (Å²) in [4.78, 5) is 16.1. The lowest BCUT2D eigenvalue weighted by Crippen LogP contribution is -2.46. The van der Waals surface area contributed by atoms with Gasteiger partial charge in [-0.1, -0.05) is 30.3 Å². The molecule has 0 aromatic heterocycles. The predicted molar refractivity (Wildman–Crippen MR) is 84.8 cm³/mol. The van der Waals surface area contributed by atoms with Gasteiger partial charge in [0, 0.05) is 6.54 Å². The monoisotopic (exact) mass is 291 g/mol. The zero-order chi connectivity index (χ0) is 15.7. The first-order chi connectivity index (χ1) is 9.92. The van der Waals surface area contributed by atoms with E-state index in [9.17, 15) is 4.79 Å². The molecule has 0 bridgehead atoms. The van der Waals surface area contributed by atoms with Gasteiger partial charge in [-0.25, -0.2) is 0 Å². The minimum absolute atomic E-state index is 0.253. The van der Waals surface area contributed by atoms with Gasteiger partial charge in [-0.15, -0.1) is 0 Å². The van der Waals surface area contributed by atoms with Crippen molar-refractivity contribution in [3.63, 3.8) is 0 Å². The van der Waals surface area contributed by atoms with Gasteiger partial charge in [-0.2, -0.15) is 0 Å². The average molecular weight is 291 g/mol. The van der Waals surface area contributed by atoms with Gasteiger partial charge in [0.25, 0.3) is 0 Å². The van der Waals surface area contributed by atoms with Crippen LogP contribution in [-0.2, 0) is 16.1 Å². The molecule has 0 aliphatic heterocycles. The van der Waals surface area contributed by atoms with Crippen LogP contribution in [0.5, 0.6) is 0 Å². The summed E-state index contributed by atoms with van der Waals surface area (Å²) < 4.78 is 5.28. The highest BCUT2D eigenvalue weighted by Gasteiger charge is 2.29. The van der Waals surface area contributed by atoms with Crippen molar-refractivity contribution in [2.24, 2.45) is 16.5 Å². The largest absolute Gasteiger partial charge is 0.459 e. The van der Waals surface area contributed by atoms with Gasteiger partial charge in [0.2, 0.25) is 0 Å². The summed E-state index contributed by atoms with van der Waals surface area (Å²) in [7, 11) is 0. The number of esters is 1. The number of benzene rings is 1. The van der Waals surface area contributed by atoms with Crippen LogP contribution in [0.25, 0.3) is 0 Å². The summed E-state index contributed by atoms with van der Waals surface area (Å²) in [6.45, 7) is 4.38. The van der Waals surface area contributed by atoms with Crippen LogP contribution in [0.4, 0.5) is 0 Å². The van der Waals surface area contributed by atoms with Crippen LogP contribution >= 0.6 is 0 Å². The van der Waals surface area contributed by atoms with E-state index in [1.807, 2.05) is 30.3 Å². The Balaban J connectivity index is 2.32. The van der Waals surface area contributed by atoms with Gasteiger partial charge in [-0.05, 0) is 38.7 Å². The molecule has 1 aromatic carbocycles. The van der Waals surface area contributed by atoms with Crippen LogP contribution in [0.15, 0.2) is 35.3 Å². The highest BCUT2D eigenvalue weighted by atomic mass is 16.5. The van der Waals surface area contributed by atoms with Gasteiger partial charge < -0.3 is 16.2 Å². The smallest absolute Gasteiger partial charge is 0.326 e. The molecule has 0 heterocycles. The van der Waals surface area contributed by atoms with E-state index in [1.165, 1.54) is 0 Å². The molecular formula is C16H25N3O2. The van der Waals surface area contributed by atoms with E-state index in [2.05, 4.69) is 4.99 Å². The van der Waals surface area contributed by atoms with E-state index >= 15 is 0 Å². The van der Waals surface area contributed by atoms with Crippen LogP contribution in [0.3, 0.4) is 0 Å². The van der Waals surface area contributed by atoms with Crippen molar-refractivity contribution < 1.29 is 9.53 Å². The van der Waals surface area contributed by atoms with E-state index in [4.69, 9.17) is 16.2 Å². The lowest BCUT2D eigenvalue weighted by Gasteiger charge is -2.22. The van der Waals surface area contributed by atoms with Crippen molar-refractivity contribution in [2.75, 3.05) is 6.54 Å². The molecular weight excluding hydrogens is 266 g/mol. The third-order valence-electron chi connectivity index (χ3n) is 3.14. The number of hydrogen-bond acceptors (Lipinski definition) is 4. The van der Waals surface area contributed by atoms with Crippen molar-refractivity contribution in [2.45, 2.75) is 45.3 Å². The summed E-state index contributed by atoms with van der Waals surface area (Å²) in [6, 6.07) is 9.56. The number of rotatable bonds is 8. The summed E-state index contributed by atoms with van der Waals surface area (Å²) in [5.74, 6) is 0.206. The number of amidine groups is 1. The fourth-order valence-electron chi connectivity index (χ4n) is 1.85. The Bertz CT molecular complexity index is 466.